The zero-order valence-corrected chi connectivity index (χ0v) is 37.7. The van der Waals surface area contributed by atoms with Crippen LogP contribution in [-0.2, 0) is 0 Å². The van der Waals surface area contributed by atoms with E-state index in [1.165, 1.54) is 87.4 Å². The molecule has 0 aliphatic carbocycles. The first-order valence-electron chi connectivity index (χ1n) is 23.5. The van der Waals surface area contributed by atoms with E-state index in [1.54, 1.807) is 0 Å². The molecule has 320 valence electrons. The van der Waals surface area contributed by atoms with Crippen molar-refractivity contribution in [2.24, 2.45) is 0 Å². The zero-order chi connectivity index (χ0) is 45.3. The van der Waals surface area contributed by atoms with Crippen LogP contribution in [0.25, 0.3) is 132 Å². The van der Waals surface area contributed by atoms with Crippen molar-refractivity contribution in [2.45, 2.75) is 13.8 Å². The molecular formula is C64H44N4. The van der Waals surface area contributed by atoms with Crippen LogP contribution in [0.1, 0.15) is 13.8 Å². The average Bonchev–Trinajstić information content (AvgIpc) is 3.93. The van der Waals surface area contributed by atoms with Crippen molar-refractivity contribution >= 4 is 87.0 Å². The van der Waals surface area contributed by atoms with Crippen LogP contribution in [0.2, 0.25) is 0 Å². The van der Waals surface area contributed by atoms with Gasteiger partial charge in [0.15, 0.2) is 0 Å². The fourth-order valence-corrected chi connectivity index (χ4v) is 10.8. The minimum Gasteiger partial charge on any atom is -0.309 e. The molecule has 0 bridgehead atoms. The number of aromatic nitrogens is 4. The van der Waals surface area contributed by atoms with Gasteiger partial charge in [0.25, 0.3) is 0 Å². The molecule has 14 rings (SSSR count). The van der Waals surface area contributed by atoms with Crippen LogP contribution in [0, 0.1) is 0 Å². The number of hydrogen-bond donors (Lipinski definition) is 0. The Morgan fingerprint density at radius 3 is 1.19 bits per heavy atom. The maximum atomic E-state index is 4.85. The Morgan fingerprint density at radius 2 is 0.706 bits per heavy atom. The van der Waals surface area contributed by atoms with Crippen LogP contribution < -0.4 is 0 Å². The Balaban J connectivity index is 0.00000226. The summed E-state index contributed by atoms with van der Waals surface area (Å²) in [5.74, 6) is 0. The number of nitrogens with zero attached hydrogens (tertiary/aromatic N) is 4. The van der Waals surface area contributed by atoms with Crippen LogP contribution in [-0.4, -0.2) is 19.1 Å². The van der Waals surface area contributed by atoms with Crippen molar-refractivity contribution in [2.75, 3.05) is 0 Å². The van der Waals surface area contributed by atoms with Gasteiger partial charge in [-0.25, -0.2) is 0 Å². The fraction of sp³-hybridized carbons (Fsp3) is 0.0312. The standard InChI is InChI=1S/C62H38N4.C2H6/c1-3-23-55-51(19-1)53-37-43(29-31-57(53)65(55)47-17-5-13-45(35-47)49-21-7-11-39-25-27-41-15-9-33-63-61(41)59(39)49)44-30-32-58-54(38-44)52-20-2-4-24-56(52)66(58)48-18-6-14-46(36-48)50-22-8-12-40-26-28-42-16-10-34-64-62(42)60(40)50;1-2/h1-38H;1-2H3. The van der Waals surface area contributed by atoms with E-state index in [1.807, 2.05) is 38.4 Å². The average molecular weight is 869 g/mol. The van der Waals surface area contributed by atoms with Crippen molar-refractivity contribution in [3.8, 4) is 44.8 Å². The van der Waals surface area contributed by atoms with E-state index in [0.29, 0.717) is 0 Å². The van der Waals surface area contributed by atoms with E-state index < -0.39 is 0 Å². The molecule has 0 aliphatic heterocycles. The maximum absolute atomic E-state index is 4.85. The largest absolute Gasteiger partial charge is 0.309 e. The van der Waals surface area contributed by atoms with Gasteiger partial charge in [-0.3, -0.25) is 9.97 Å². The van der Waals surface area contributed by atoms with Gasteiger partial charge in [-0.1, -0.05) is 159 Å². The predicted octanol–water partition coefficient (Wildman–Crippen LogP) is 17.3. The molecule has 0 radical (unpaired) electrons. The van der Waals surface area contributed by atoms with Gasteiger partial charge >= 0.3 is 0 Å². The normalized spacial score (nSPS) is 11.7. The molecule has 14 aromatic rings. The van der Waals surface area contributed by atoms with E-state index in [4.69, 9.17) is 9.97 Å². The molecule has 68 heavy (non-hydrogen) atoms. The Labute approximate surface area is 393 Å². The first-order chi connectivity index (χ1) is 33.7. The van der Waals surface area contributed by atoms with Gasteiger partial charge in [-0.2, -0.15) is 0 Å². The smallest absolute Gasteiger partial charge is 0.0786 e. The summed E-state index contributed by atoms with van der Waals surface area (Å²) in [6.45, 7) is 4.00. The highest BCUT2D eigenvalue weighted by molar-refractivity contribution is 6.15. The minimum atomic E-state index is 1.03. The maximum Gasteiger partial charge on any atom is 0.0786 e. The van der Waals surface area contributed by atoms with E-state index in [9.17, 15) is 0 Å². The monoisotopic (exact) mass is 868 g/mol. The lowest BCUT2D eigenvalue weighted by molar-refractivity contribution is 1.18. The third kappa shape index (κ3) is 6.15. The van der Waals surface area contributed by atoms with E-state index in [-0.39, 0.29) is 0 Å². The Bertz CT molecular complexity index is 4030. The molecule has 4 aromatic heterocycles. The van der Waals surface area contributed by atoms with Gasteiger partial charge in [0.05, 0.1) is 33.1 Å². The SMILES string of the molecule is CC.c1cc(-c2cccc3ccc4cccnc4c23)cc(-n2c3ccccc3c3cc(-c4ccc5c(c4)c4ccccc4n5-c4cccc(-c5cccc6ccc7cccnc7c56)c4)ccc32)c1. The lowest BCUT2D eigenvalue weighted by Gasteiger charge is -2.13. The van der Waals surface area contributed by atoms with Crippen molar-refractivity contribution in [1.29, 1.82) is 0 Å². The summed E-state index contributed by atoms with van der Waals surface area (Å²) < 4.78 is 4.84. The molecule has 4 nitrogen and oxygen atoms in total. The number of pyridine rings is 2. The first-order valence-corrected chi connectivity index (χ1v) is 23.5. The minimum absolute atomic E-state index is 1.03. The third-order valence-electron chi connectivity index (χ3n) is 13.7. The molecule has 0 spiro atoms. The summed E-state index contributed by atoms with van der Waals surface area (Å²) >= 11 is 0. The van der Waals surface area contributed by atoms with Crippen molar-refractivity contribution in [3.05, 3.63) is 231 Å². The molecule has 0 amide bonds. The molecule has 0 saturated heterocycles. The molecule has 0 atom stereocenters. The summed E-state index contributed by atoms with van der Waals surface area (Å²) in [6, 6.07) is 79.6. The fourth-order valence-electron chi connectivity index (χ4n) is 10.8. The van der Waals surface area contributed by atoms with Crippen LogP contribution in [0.5, 0.6) is 0 Å². The van der Waals surface area contributed by atoms with Gasteiger partial charge in [0.1, 0.15) is 0 Å². The number of hydrogen-bond acceptors (Lipinski definition) is 2. The van der Waals surface area contributed by atoms with E-state index in [0.717, 1.165) is 44.3 Å². The zero-order valence-electron chi connectivity index (χ0n) is 37.7. The summed E-state index contributed by atoms with van der Waals surface area (Å²) in [4.78, 5) is 9.70. The Kier molecular flexibility index (Phi) is 9.26. The van der Waals surface area contributed by atoms with Crippen LogP contribution in [0.15, 0.2) is 231 Å². The number of fused-ring (bicyclic) bond motifs is 12. The van der Waals surface area contributed by atoms with Crippen LogP contribution >= 0.6 is 0 Å². The molecular weight excluding hydrogens is 825 g/mol. The second-order valence-corrected chi connectivity index (χ2v) is 17.4. The van der Waals surface area contributed by atoms with Gasteiger partial charge in [0.2, 0.25) is 0 Å². The molecule has 10 aromatic carbocycles. The van der Waals surface area contributed by atoms with Gasteiger partial charge in [-0.15, -0.1) is 0 Å². The van der Waals surface area contributed by atoms with E-state index in [2.05, 4.69) is 215 Å². The van der Waals surface area contributed by atoms with Crippen LogP contribution in [0.4, 0.5) is 0 Å². The van der Waals surface area contributed by atoms with E-state index >= 15 is 0 Å². The van der Waals surface area contributed by atoms with Gasteiger partial charge in [-0.05, 0) is 117 Å². The highest BCUT2D eigenvalue weighted by Gasteiger charge is 2.18. The molecule has 0 fully saturated rings. The van der Waals surface area contributed by atoms with Crippen molar-refractivity contribution < 1.29 is 0 Å². The summed E-state index contributed by atoms with van der Waals surface area (Å²) in [5.41, 5.74) is 16.1. The van der Waals surface area contributed by atoms with Gasteiger partial charge in [0, 0.05) is 66.9 Å². The quantitative estimate of drug-likeness (QED) is 0.162. The molecule has 0 N–H and O–H groups in total. The highest BCUT2D eigenvalue weighted by Crippen LogP contribution is 2.41. The molecule has 0 aliphatic rings. The topological polar surface area (TPSA) is 35.6 Å². The van der Waals surface area contributed by atoms with Crippen molar-refractivity contribution in [3.63, 3.8) is 0 Å². The predicted molar refractivity (Wildman–Crippen MR) is 288 cm³/mol. The van der Waals surface area contributed by atoms with Crippen LogP contribution in [0.3, 0.4) is 0 Å². The second-order valence-electron chi connectivity index (χ2n) is 17.4. The lowest BCUT2D eigenvalue weighted by Crippen LogP contribution is -1.95. The highest BCUT2D eigenvalue weighted by atomic mass is 15.0. The number of rotatable bonds is 5. The van der Waals surface area contributed by atoms with Gasteiger partial charge < -0.3 is 9.13 Å². The Morgan fingerprint density at radius 1 is 0.294 bits per heavy atom. The van der Waals surface area contributed by atoms with Crippen molar-refractivity contribution in [1.82, 2.24) is 19.1 Å². The molecule has 0 saturated carbocycles. The summed E-state index contributed by atoms with van der Waals surface area (Å²) in [6.07, 6.45) is 3.79. The first kappa shape index (κ1) is 39.5. The summed E-state index contributed by atoms with van der Waals surface area (Å²) in [5, 5.41) is 11.9. The number of para-hydroxylation sites is 2. The molecule has 0 unspecified atom stereocenters. The summed E-state index contributed by atoms with van der Waals surface area (Å²) in [7, 11) is 0. The number of benzene rings is 10. The Hall–Kier alpha value is -8.86. The lowest BCUT2D eigenvalue weighted by atomic mass is 9.95. The third-order valence-corrected chi connectivity index (χ3v) is 13.7. The molecule has 4 heterocycles. The molecule has 4 heteroatoms. The second kappa shape index (κ2) is 15.9.